The average Bonchev–Trinajstić information content (AvgIpc) is 2.96. The van der Waals surface area contributed by atoms with Crippen molar-refractivity contribution in [2.45, 2.75) is 44.2 Å². The summed E-state index contributed by atoms with van der Waals surface area (Å²) in [5, 5.41) is 12.1. The molecule has 3 rings (SSSR count). The van der Waals surface area contributed by atoms with E-state index in [-0.39, 0.29) is 37.0 Å². The first-order valence-electron chi connectivity index (χ1n) is 8.82. The lowest BCUT2D eigenvalue weighted by Gasteiger charge is -2.36. The van der Waals surface area contributed by atoms with Gasteiger partial charge in [0.05, 0.1) is 6.04 Å². The van der Waals surface area contributed by atoms with Crippen LogP contribution < -0.4 is 10.2 Å². The van der Waals surface area contributed by atoms with Crippen molar-refractivity contribution >= 4 is 17.6 Å². The van der Waals surface area contributed by atoms with E-state index in [1.165, 1.54) is 17.0 Å². The predicted molar refractivity (Wildman–Crippen MR) is 91.7 cm³/mol. The lowest BCUT2D eigenvalue weighted by atomic mass is 10.00. The summed E-state index contributed by atoms with van der Waals surface area (Å²) in [6, 6.07) is 5.49. The van der Waals surface area contributed by atoms with Crippen molar-refractivity contribution in [3.05, 3.63) is 30.1 Å². The van der Waals surface area contributed by atoms with E-state index in [9.17, 15) is 19.1 Å². The van der Waals surface area contributed by atoms with Crippen molar-refractivity contribution in [1.29, 1.82) is 0 Å². The number of halogens is 1. The van der Waals surface area contributed by atoms with Gasteiger partial charge in [0, 0.05) is 37.8 Å². The van der Waals surface area contributed by atoms with Crippen LogP contribution in [0.5, 0.6) is 0 Å². The molecule has 2 saturated heterocycles. The molecule has 25 heavy (non-hydrogen) atoms. The number of likely N-dealkylation sites (tertiary alicyclic amines) is 1. The first-order valence-corrected chi connectivity index (χ1v) is 8.82. The maximum absolute atomic E-state index is 13.4. The van der Waals surface area contributed by atoms with Gasteiger partial charge in [-0.25, -0.2) is 9.18 Å². The molecule has 0 aromatic heterocycles. The number of urea groups is 1. The molecule has 2 aliphatic heterocycles. The highest BCUT2D eigenvalue weighted by atomic mass is 19.1. The third-order valence-corrected chi connectivity index (χ3v) is 4.92. The summed E-state index contributed by atoms with van der Waals surface area (Å²) in [6.07, 6.45) is 3.69. The summed E-state index contributed by atoms with van der Waals surface area (Å²) >= 11 is 0. The topological polar surface area (TPSA) is 72.9 Å². The normalized spacial score (nSPS) is 23.8. The van der Waals surface area contributed by atoms with Crippen LogP contribution in [0.4, 0.5) is 14.9 Å². The summed E-state index contributed by atoms with van der Waals surface area (Å²) in [7, 11) is 0. The second kappa shape index (κ2) is 7.82. The minimum absolute atomic E-state index is 0.0511. The largest absolute Gasteiger partial charge is 0.396 e. The molecule has 7 heteroatoms. The van der Waals surface area contributed by atoms with Gasteiger partial charge in [0.1, 0.15) is 5.82 Å². The highest BCUT2D eigenvalue weighted by molar-refractivity contribution is 5.96. The number of aliphatic hydroxyl groups is 1. The van der Waals surface area contributed by atoms with Gasteiger partial charge in [-0.05, 0) is 43.9 Å². The molecule has 0 unspecified atom stereocenters. The summed E-state index contributed by atoms with van der Waals surface area (Å²) in [5.41, 5.74) is 0.512. The number of piperidine rings is 1. The average molecular weight is 349 g/mol. The molecule has 2 fully saturated rings. The predicted octanol–water partition coefficient (Wildman–Crippen LogP) is 1.88. The van der Waals surface area contributed by atoms with Gasteiger partial charge in [-0.3, -0.25) is 4.79 Å². The van der Waals surface area contributed by atoms with Gasteiger partial charge in [-0.2, -0.15) is 0 Å². The number of nitrogens with zero attached hydrogens (tertiary/aromatic N) is 2. The molecule has 1 aromatic carbocycles. The fourth-order valence-corrected chi connectivity index (χ4v) is 3.67. The third-order valence-electron chi connectivity index (χ3n) is 4.92. The Bertz CT molecular complexity index is 638. The highest BCUT2D eigenvalue weighted by Crippen LogP contribution is 2.23. The van der Waals surface area contributed by atoms with Gasteiger partial charge in [-0.1, -0.05) is 6.07 Å². The fourth-order valence-electron chi connectivity index (χ4n) is 3.67. The number of hydrogen-bond donors (Lipinski definition) is 2. The number of hydrogen-bond acceptors (Lipinski definition) is 3. The molecule has 1 aromatic rings. The number of aliphatic hydroxyl groups excluding tert-OH is 1. The van der Waals surface area contributed by atoms with Crippen LogP contribution in [-0.4, -0.2) is 53.7 Å². The Morgan fingerprint density at radius 2 is 2.20 bits per heavy atom. The number of rotatable bonds is 4. The van der Waals surface area contributed by atoms with Crippen LogP contribution in [0.2, 0.25) is 0 Å². The maximum atomic E-state index is 13.4. The van der Waals surface area contributed by atoms with Crippen molar-refractivity contribution in [3.8, 4) is 0 Å². The second-order valence-corrected chi connectivity index (χ2v) is 6.69. The van der Waals surface area contributed by atoms with E-state index in [0.717, 1.165) is 19.3 Å². The zero-order valence-electron chi connectivity index (χ0n) is 14.2. The molecule has 2 atom stereocenters. The number of carbonyl (C=O) groups excluding carboxylic acids is 2. The Kier molecular flexibility index (Phi) is 5.53. The lowest BCUT2D eigenvalue weighted by molar-refractivity contribution is -0.117. The Labute approximate surface area is 146 Å². The van der Waals surface area contributed by atoms with E-state index in [2.05, 4.69) is 5.32 Å². The molecule has 2 heterocycles. The zero-order chi connectivity index (χ0) is 17.8. The molecule has 0 saturated carbocycles. The number of benzene rings is 1. The van der Waals surface area contributed by atoms with Crippen LogP contribution in [-0.2, 0) is 4.79 Å². The molecule has 2 aliphatic rings. The lowest BCUT2D eigenvalue weighted by Crippen LogP contribution is -2.52. The number of nitrogens with one attached hydrogen (secondary N) is 1. The molecular weight excluding hydrogens is 325 g/mol. The highest BCUT2D eigenvalue weighted by Gasteiger charge is 2.34. The van der Waals surface area contributed by atoms with Gasteiger partial charge in [-0.15, -0.1) is 0 Å². The SMILES string of the molecule is O=C1C[C@H](NC(=O)N2CCCC[C@H]2CCO)CN1c1cccc(F)c1. The maximum Gasteiger partial charge on any atom is 0.317 e. The van der Waals surface area contributed by atoms with E-state index in [4.69, 9.17) is 0 Å². The van der Waals surface area contributed by atoms with Gasteiger partial charge < -0.3 is 20.2 Å². The standard InChI is InChI=1S/C18H24FN3O3/c19-13-4-3-6-16(10-13)22-12-14(11-17(22)24)20-18(25)21-8-2-1-5-15(21)7-9-23/h3-4,6,10,14-15,23H,1-2,5,7-9,11-12H2,(H,20,25)/t14-,15-/m0/s1. The third kappa shape index (κ3) is 4.10. The Balaban J connectivity index is 1.61. The molecule has 0 bridgehead atoms. The number of carbonyl (C=O) groups is 2. The minimum atomic E-state index is -0.391. The first-order chi connectivity index (χ1) is 12.1. The molecule has 0 spiro atoms. The van der Waals surface area contributed by atoms with E-state index in [1.54, 1.807) is 17.0 Å². The van der Waals surface area contributed by atoms with Crippen molar-refractivity contribution in [3.63, 3.8) is 0 Å². The molecule has 2 N–H and O–H groups in total. The van der Waals surface area contributed by atoms with Crippen LogP contribution in [0.15, 0.2) is 24.3 Å². The molecule has 0 aliphatic carbocycles. The second-order valence-electron chi connectivity index (χ2n) is 6.69. The van der Waals surface area contributed by atoms with Gasteiger partial charge in [0.15, 0.2) is 0 Å². The van der Waals surface area contributed by atoms with E-state index >= 15 is 0 Å². The zero-order valence-corrected chi connectivity index (χ0v) is 14.2. The van der Waals surface area contributed by atoms with Crippen molar-refractivity contribution < 1.29 is 19.1 Å². The van der Waals surface area contributed by atoms with Crippen molar-refractivity contribution in [2.75, 3.05) is 24.6 Å². The van der Waals surface area contributed by atoms with Crippen molar-refractivity contribution in [1.82, 2.24) is 10.2 Å². The van der Waals surface area contributed by atoms with Gasteiger partial charge in [0.25, 0.3) is 0 Å². The monoisotopic (exact) mass is 349 g/mol. The molecular formula is C18H24FN3O3. The summed E-state index contributed by atoms with van der Waals surface area (Å²) in [6.45, 7) is 1.07. The summed E-state index contributed by atoms with van der Waals surface area (Å²) < 4.78 is 13.4. The Morgan fingerprint density at radius 3 is 2.96 bits per heavy atom. The smallest absolute Gasteiger partial charge is 0.317 e. The van der Waals surface area contributed by atoms with Crippen molar-refractivity contribution in [2.24, 2.45) is 0 Å². The van der Waals surface area contributed by atoms with Crippen LogP contribution in [0, 0.1) is 5.82 Å². The molecule has 0 radical (unpaired) electrons. The number of anilines is 1. The van der Waals surface area contributed by atoms with Gasteiger partial charge in [0.2, 0.25) is 5.91 Å². The first kappa shape index (κ1) is 17.7. The van der Waals surface area contributed by atoms with E-state index in [0.29, 0.717) is 25.2 Å². The summed E-state index contributed by atoms with van der Waals surface area (Å²) in [4.78, 5) is 28.1. The number of amides is 3. The van der Waals surface area contributed by atoms with Crippen LogP contribution in [0.1, 0.15) is 32.1 Å². The van der Waals surface area contributed by atoms with Gasteiger partial charge >= 0.3 is 6.03 Å². The van der Waals surface area contributed by atoms with E-state index < -0.39 is 5.82 Å². The van der Waals surface area contributed by atoms with E-state index in [1.807, 2.05) is 0 Å². The molecule has 3 amide bonds. The quantitative estimate of drug-likeness (QED) is 0.872. The Hall–Kier alpha value is -2.15. The Morgan fingerprint density at radius 1 is 1.36 bits per heavy atom. The minimum Gasteiger partial charge on any atom is -0.396 e. The van der Waals surface area contributed by atoms with Crippen LogP contribution in [0.3, 0.4) is 0 Å². The molecule has 136 valence electrons. The molecule has 6 nitrogen and oxygen atoms in total. The van der Waals surface area contributed by atoms with Crippen LogP contribution >= 0.6 is 0 Å². The fraction of sp³-hybridized carbons (Fsp3) is 0.556. The summed E-state index contributed by atoms with van der Waals surface area (Å²) in [5.74, 6) is -0.514. The van der Waals surface area contributed by atoms with Crippen LogP contribution in [0.25, 0.3) is 0 Å².